The largest absolute Gasteiger partial charge is 0.455 e. The highest BCUT2D eigenvalue weighted by molar-refractivity contribution is 6.11. The summed E-state index contributed by atoms with van der Waals surface area (Å²) in [6, 6.07) is 105. The lowest BCUT2D eigenvalue weighted by molar-refractivity contribution is 0.670. The highest BCUT2D eigenvalue weighted by atomic mass is 16.3. The van der Waals surface area contributed by atoms with E-state index in [0.717, 1.165) is 89.2 Å². The Kier molecular flexibility index (Phi) is 10.8. The monoisotopic (exact) mass is 956 g/mol. The highest BCUT2D eigenvalue weighted by Crippen LogP contribution is 2.44. The predicted molar refractivity (Wildman–Crippen MR) is 315 cm³/mol. The van der Waals surface area contributed by atoms with Crippen molar-refractivity contribution in [1.29, 1.82) is 0 Å². The molecule has 0 radical (unpaired) electrons. The molecule has 0 aliphatic heterocycles. The van der Waals surface area contributed by atoms with Crippen molar-refractivity contribution in [2.75, 3.05) is 4.90 Å². The number of nitrogens with zero attached hydrogens (tertiary/aromatic N) is 2. The van der Waals surface area contributed by atoms with E-state index in [1.165, 1.54) is 44.1 Å². The number of benzene rings is 12. The first-order valence-electron chi connectivity index (χ1n) is 25.6. The van der Waals surface area contributed by atoms with Crippen LogP contribution in [0, 0.1) is 0 Å². The average Bonchev–Trinajstić information content (AvgIpc) is 4.05. The van der Waals surface area contributed by atoms with Gasteiger partial charge in [-0.25, -0.2) is 0 Å². The lowest BCUT2D eigenvalue weighted by Crippen LogP contribution is -2.11. The number of rotatable bonds is 10. The molecule has 14 rings (SSSR count). The van der Waals surface area contributed by atoms with Crippen molar-refractivity contribution in [3.63, 3.8) is 0 Å². The predicted octanol–water partition coefficient (Wildman–Crippen LogP) is 20.2. The van der Waals surface area contributed by atoms with Gasteiger partial charge in [-0.2, -0.15) is 0 Å². The summed E-state index contributed by atoms with van der Waals surface area (Å²) in [6.07, 6.45) is 0. The van der Waals surface area contributed by atoms with E-state index in [2.05, 4.69) is 289 Å². The molecule has 0 aliphatic carbocycles. The fourth-order valence-electron chi connectivity index (χ4n) is 11.2. The van der Waals surface area contributed by atoms with E-state index in [-0.39, 0.29) is 0 Å². The first-order valence-corrected chi connectivity index (χ1v) is 25.6. The van der Waals surface area contributed by atoms with Crippen molar-refractivity contribution in [2.24, 2.45) is 0 Å². The molecule has 0 bridgehead atoms. The second-order valence-electron chi connectivity index (χ2n) is 19.2. The molecule has 0 fully saturated rings. The zero-order valence-electron chi connectivity index (χ0n) is 41.0. The van der Waals surface area contributed by atoms with Gasteiger partial charge in [-0.3, -0.25) is 0 Å². The summed E-state index contributed by atoms with van der Waals surface area (Å²) in [5, 5.41) is 4.77. The number of hydrogen-bond acceptors (Lipinski definition) is 2. The lowest BCUT2D eigenvalue weighted by Gasteiger charge is -2.28. The molecule has 14 aromatic rings. The number of fused-ring (bicyclic) bond motifs is 6. The molecule has 3 heteroatoms. The summed E-state index contributed by atoms with van der Waals surface area (Å²) >= 11 is 0. The third-order valence-corrected chi connectivity index (χ3v) is 14.8. The molecule has 0 unspecified atom stereocenters. The van der Waals surface area contributed by atoms with Gasteiger partial charge < -0.3 is 13.9 Å². The Morgan fingerprint density at radius 3 is 1.36 bits per heavy atom. The summed E-state index contributed by atoms with van der Waals surface area (Å²) in [7, 11) is 0. The SMILES string of the molecule is c1ccc(-c2ccc(-c3ccccc3N(c3ccc(-c4cccc(-c5ccccc5-n5c6ccccc6c6ccccc65)c4)cc3)c3ccc(-c4cccc(-c5cccc6c5oc5ccccc56)c4)cc3)cc2)cc1. The molecule has 352 valence electrons. The molecule has 0 spiro atoms. The van der Waals surface area contributed by atoms with Gasteiger partial charge in [-0.1, -0.05) is 224 Å². The number of aromatic nitrogens is 1. The van der Waals surface area contributed by atoms with Crippen LogP contribution in [0.1, 0.15) is 0 Å². The van der Waals surface area contributed by atoms with Crippen LogP contribution in [0.25, 0.3) is 116 Å². The van der Waals surface area contributed by atoms with E-state index < -0.39 is 0 Å². The Morgan fingerprint density at radius 1 is 0.267 bits per heavy atom. The summed E-state index contributed by atoms with van der Waals surface area (Å²) in [5.74, 6) is 0. The van der Waals surface area contributed by atoms with Crippen molar-refractivity contribution >= 4 is 60.8 Å². The first-order chi connectivity index (χ1) is 37.2. The smallest absolute Gasteiger partial charge is 0.143 e. The average molecular weight is 957 g/mol. The maximum atomic E-state index is 6.47. The van der Waals surface area contributed by atoms with Crippen LogP contribution in [0.3, 0.4) is 0 Å². The van der Waals surface area contributed by atoms with Gasteiger partial charge >= 0.3 is 0 Å². The van der Waals surface area contributed by atoms with Crippen LogP contribution in [0.4, 0.5) is 17.1 Å². The standard InChI is InChI=1S/C72H48N2O/c1-2-17-49(18-3-1)50-35-37-53(38-36-50)60-23-4-9-30-67(60)73(59-45-41-52(42-46-59)55-20-15-22-57(48-55)62-28-16-29-66-65-27-8-13-34-71(65)75-72(62)66)58-43-39-51(40-44-58)54-19-14-21-56(47-54)61-24-5-10-31-68(61)74-69-32-11-6-25-63(69)64-26-7-12-33-70(64)74/h1-48H. The van der Waals surface area contributed by atoms with E-state index in [1.54, 1.807) is 0 Å². The summed E-state index contributed by atoms with van der Waals surface area (Å²) < 4.78 is 8.88. The zero-order chi connectivity index (χ0) is 49.7. The Labute approximate surface area is 436 Å². The fourth-order valence-corrected chi connectivity index (χ4v) is 11.2. The molecule has 2 aromatic heterocycles. The molecule has 0 saturated carbocycles. The third-order valence-electron chi connectivity index (χ3n) is 14.8. The van der Waals surface area contributed by atoms with Gasteiger partial charge in [0.05, 0.1) is 22.4 Å². The molecule has 0 saturated heterocycles. The molecule has 2 heterocycles. The normalized spacial score (nSPS) is 11.5. The summed E-state index contributed by atoms with van der Waals surface area (Å²) in [4.78, 5) is 2.39. The fraction of sp³-hybridized carbons (Fsp3) is 0. The third kappa shape index (κ3) is 7.86. The minimum atomic E-state index is 0.902. The van der Waals surface area contributed by atoms with Gasteiger partial charge in [0.15, 0.2) is 0 Å². The van der Waals surface area contributed by atoms with Crippen molar-refractivity contribution in [1.82, 2.24) is 4.57 Å². The molecule has 0 N–H and O–H groups in total. The number of anilines is 3. The second-order valence-corrected chi connectivity index (χ2v) is 19.2. The number of para-hydroxylation sites is 6. The molecule has 12 aromatic carbocycles. The van der Waals surface area contributed by atoms with Crippen LogP contribution in [0.2, 0.25) is 0 Å². The van der Waals surface area contributed by atoms with Crippen LogP contribution in [0.5, 0.6) is 0 Å². The van der Waals surface area contributed by atoms with Crippen LogP contribution < -0.4 is 4.90 Å². The van der Waals surface area contributed by atoms with Crippen molar-refractivity contribution in [2.45, 2.75) is 0 Å². The van der Waals surface area contributed by atoms with Gasteiger partial charge in [0, 0.05) is 49.6 Å². The van der Waals surface area contributed by atoms with Crippen molar-refractivity contribution in [3.8, 4) is 72.4 Å². The van der Waals surface area contributed by atoms with Crippen LogP contribution in [-0.4, -0.2) is 4.57 Å². The maximum Gasteiger partial charge on any atom is 0.143 e. The number of furan rings is 1. The number of hydrogen-bond donors (Lipinski definition) is 0. The Hall–Kier alpha value is -9.96. The van der Waals surface area contributed by atoms with E-state index in [0.29, 0.717) is 0 Å². The van der Waals surface area contributed by atoms with Crippen LogP contribution in [-0.2, 0) is 0 Å². The van der Waals surface area contributed by atoms with E-state index in [9.17, 15) is 0 Å². The molecule has 0 aliphatic rings. The minimum absolute atomic E-state index is 0.902. The maximum absolute atomic E-state index is 6.47. The molecular weight excluding hydrogens is 909 g/mol. The van der Waals surface area contributed by atoms with E-state index in [4.69, 9.17) is 4.42 Å². The molecular formula is C72H48N2O. The Balaban J connectivity index is 0.836. The van der Waals surface area contributed by atoms with Crippen LogP contribution in [0.15, 0.2) is 296 Å². The van der Waals surface area contributed by atoms with Gasteiger partial charge in [-0.15, -0.1) is 0 Å². The summed E-state index contributed by atoms with van der Waals surface area (Å²) in [6.45, 7) is 0. The van der Waals surface area contributed by atoms with Crippen molar-refractivity contribution < 1.29 is 4.42 Å². The highest BCUT2D eigenvalue weighted by Gasteiger charge is 2.20. The second kappa shape index (κ2) is 18.6. The lowest BCUT2D eigenvalue weighted by atomic mass is 9.96. The molecule has 0 amide bonds. The van der Waals surface area contributed by atoms with E-state index in [1.807, 2.05) is 12.1 Å². The molecule has 0 atom stereocenters. The quantitative estimate of drug-likeness (QED) is 0.136. The van der Waals surface area contributed by atoms with E-state index >= 15 is 0 Å². The molecule has 3 nitrogen and oxygen atoms in total. The van der Waals surface area contributed by atoms with Crippen LogP contribution >= 0.6 is 0 Å². The Morgan fingerprint density at radius 2 is 0.693 bits per heavy atom. The summed E-state index contributed by atoms with van der Waals surface area (Å²) in [5.41, 5.74) is 22.4. The van der Waals surface area contributed by atoms with Gasteiger partial charge in [0.2, 0.25) is 0 Å². The Bertz CT molecular complexity index is 4340. The zero-order valence-corrected chi connectivity index (χ0v) is 41.0. The molecule has 75 heavy (non-hydrogen) atoms. The first kappa shape index (κ1) is 43.8. The van der Waals surface area contributed by atoms with Gasteiger partial charge in [0.25, 0.3) is 0 Å². The topological polar surface area (TPSA) is 21.3 Å². The minimum Gasteiger partial charge on any atom is -0.455 e. The van der Waals surface area contributed by atoms with Gasteiger partial charge in [0.1, 0.15) is 11.2 Å². The van der Waals surface area contributed by atoms with Crippen molar-refractivity contribution in [3.05, 3.63) is 291 Å². The van der Waals surface area contributed by atoms with Gasteiger partial charge in [-0.05, 0) is 117 Å².